The van der Waals surface area contributed by atoms with Gasteiger partial charge in [0.15, 0.2) is 11.5 Å². The Hall–Kier alpha value is -3.76. The summed E-state index contributed by atoms with van der Waals surface area (Å²) in [6, 6.07) is 19.5. The van der Waals surface area contributed by atoms with Crippen LogP contribution in [0.3, 0.4) is 0 Å². The van der Waals surface area contributed by atoms with Crippen LogP contribution in [0.4, 0.5) is 0 Å². The van der Waals surface area contributed by atoms with Gasteiger partial charge in [-0.2, -0.15) is 5.26 Å². The normalized spacial score (nSPS) is 10.9. The predicted octanol–water partition coefficient (Wildman–Crippen LogP) is 5.81. The second kappa shape index (κ2) is 10.5. The van der Waals surface area contributed by atoms with Gasteiger partial charge in [0.05, 0.1) is 31.4 Å². The fourth-order valence-electron chi connectivity index (χ4n) is 3.01. The van der Waals surface area contributed by atoms with E-state index in [1.807, 2.05) is 18.2 Å². The van der Waals surface area contributed by atoms with Crippen molar-refractivity contribution in [2.24, 2.45) is 0 Å². The number of methoxy groups -OCH3 is 2. The fraction of sp³-hybridized carbons (Fsp3) is 0.120. The Kier molecular flexibility index (Phi) is 7.53. The molecule has 0 aliphatic carbocycles. The molecule has 3 aromatic carbocycles. The minimum atomic E-state index is -0.975. The predicted molar refractivity (Wildman–Crippen MR) is 125 cm³/mol. The van der Waals surface area contributed by atoms with Crippen molar-refractivity contribution in [3.05, 3.63) is 87.4 Å². The summed E-state index contributed by atoms with van der Waals surface area (Å²) in [5.74, 6) is 0.719. The zero-order chi connectivity index (χ0) is 23.1. The Morgan fingerprint density at radius 3 is 2.25 bits per heavy atom. The van der Waals surface area contributed by atoms with E-state index in [0.717, 1.165) is 10.0 Å². The van der Waals surface area contributed by atoms with Gasteiger partial charge in [-0.1, -0.05) is 28.1 Å². The number of halogens is 1. The van der Waals surface area contributed by atoms with E-state index < -0.39 is 5.97 Å². The van der Waals surface area contributed by atoms with Gasteiger partial charge in [0.1, 0.15) is 12.4 Å². The molecule has 0 aliphatic rings. The Bertz CT molecular complexity index is 1200. The summed E-state index contributed by atoms with van der Waals surface area (Å²) < 4.78 is 17.4. The number of carbonyl (C=O) groups is 1. The largest absolute Gasteiger partial charge is 0.493 e. The second-order valence-corrected chi connectivity index (χ2v) is 7.63. The number of rotatable bonds is 8. The maximum atomic E-state index is 11.0. The van der Waals surface area contributed by atoms with Crippen LogP contribution >= 0.6 is 15.9 Å². The highest BCUT2D eigenvalue weighted by Gasteiger charge is 2.11. The summed E-state index contributed by atoms with van der Waals surface area (Å²) in [4.78, 5) is 11.0. The van der Waals surface area contributed by atoms with Crippen LogP contribution in [0.1, 0.15) is 27.0 Å². The van der Waals surface area contributed by atoms with Crippen LogP contribution in [-0.2, 0) is 6.61 Å². The quantitative estimate of drug-likeness (QED) is 0.314. The molecule has 3 rings (SSSR count). The average molecular weight is 494 g/mol. The van der Waals surface area contributed by atoms with Crippen LogP contribution in [-0.4, -0.2) is 25.3 Å². The number of nitriles is 1. The fourth-order valence-corrected chi connectivity index (χ4v) is 3.39. The Labute approximate surface area is 194 Å². The zero-order valence-corrected chi connectivity index (χ0v) is 19.0. The molecule has 0 fully saturated rings. The molecule has 0 saturated heterocycles. The van der Waals surface area contributed by atoms with Crippen molar-refractivity contribution in [1.29, 1.82) is 5.26 Å². The molecular formula is C25H20BrNO5. The van der Waals surface area contributed by atoms with Crippen molar-refractivity contribution in [2.45, 2.75) is 6.61 Å². The first kappa shape index (κ1) is 22.9. The molecule has 0 heterocycles. The third kappa shape index (κ3) is 5.48. The number of nitrogens with zero attached hydrogens (tertiary/aromatic N) is 1. The third-order valence-electron chi connectivity index (χ3n) is 4.68. The minimum Gasteiger partial charge on any atom is -0.493 e. The topological polar surface area (TPSA) is 88.8 Å². The SMILES string of the molecule is COc1ccc(/C(C#N)=C/c2cc(Br)ccc2OCc2ccc(C(=O)O)cc2)cc1OC. The lowest BCUT2D eigenvalue weighted by molar-refractivity contribution is 0.0697. The molecule has 1 N–H and O–H groups in total. The molecular weight excluding hydrogens is 474 g/mol. The van der Waals surface area contributed by atoms with Gasteiger partial charge in [0.2, 0.25) is 0 Å². The van der Waals surface area contributed by atoms with Crippen molar-refractivity contribution in [2.75, 3.05) is 14.2 Å². The Morgan fingerprint density at radius 2 is 1.62 bits per heavy atom. The lowest BCUT2D eigenvalue weighted by Crippen LogP contribution is -2.00. The summed E-state index contributed by atoms with van der Waals surface area (Å²) in [6.07, 6.45) is 1.74. The molecule has 0 amide bonds. The van der Waals surface area contributed by atoms with Crippen molar-refractivity contribution in [3.8, 4) is 23.3 Å². The maximum absolute atomic E-state index is 11.0. The van der Waals surface area contributed by atoms with Gasteiger partial charge >= 0.3 is 5.97 Å². The first-order valence-corrected chi connectivity index (χ1v) is 10.3. The smallest absolute Gasteiger partial charge is 0.335 e. The van der Waals surface area contributed by atoms with E-state index in [1.54, 1.807) is 50.6 Å². The van der Waals surface area contributed by atoms with Crippen LogP contribution in [0.2, 0.25) is 0 Å². The van der Waals surface area contributed by atoms with Gasteiger partial charge in [-0.15, -0.1) is 0 Å². The molecule has 32 heavy (non-hydrogen) atoms. The number of ether oxygens (including phenoxy) is 3. The second-order valence-electron chi connectivity index (χ2n) is 6.71. The highest BCUT2D eigenvalue weighted by Crippen LogP contribution is 2.33. The van der Waals surface area contributed by atoms with Gasteiger partial charge in [-0.25, -0.2) is 4.79 Å². The minimum absolute atomic E-state index is 0.217. The first-order chi connectivity index (χ1) is 15.4. The van der Waals surface area contributed by atoms with E-state index in [4.69, 9.17) is 19.3 Å². The monoisotopic (exact) mass is 493 g/mol. The molecule has 0 aliphatic heterocycles. The molecule has 3 aromatic rings. The van der Waals surface area contributed by atoms with Crippen LogP contribution in [0.15, 0.2) is 65.1 Å². The van der Waals surface area contributed by atoms with Gasteiger partial charge in [0, 0.05) is 10.0 Å². The molecule has 0 saturated carbocycles. The highest BCUT2D eigenvalue weighted by atomic mass is 79.9. The number of aromatic carboxylic acids is 1. The van der Waals surface area contributed by atoms with E-state index in [-0.39, 0.29) is 12.2 Å². The van der Waals surface area contributed by atoms with Crippen molar-refractivity contribution in [3.63, 3.8) is 0 Å². The number of allylic oxidation sites excluding steroid dienone is 1. The number of carboxylic acids is 1. The molecule has 0 aromatic heterocycles. The van der Waals surface area contributed by atoms with Crippen LogP contribution < -0.4 is 14.2 Å². The Balaban J connectivity index is 1.90. The highest BCUT2D eigenvalue weighted by molar-refractivity contribution is 9.10. The summed E-state index contributed by atoms with van der Waals surface area (Å²) in [7, 11) is 3.10. The Morgan fingerprint density at radius 1 is 0.969 bits per heavy atom. The summed E-state index contributed by atoms with van der Waals surface area (Å²) in [5, 5.41) is 18.8. The van der Waals surface area contributed by atoms with Crippen LogP contribution in [0, 0.1) is 11.3 Å². The summed E-state index contributed by atoms with van der Waals surface area (Å²) >= 11 is 3.46. The average Bonchev–Trinajstić information content (AvgIpc) is 2.81. The molecule has 7 heteroatoms. The standard InChI is InChI=1S/C25H20BrNO5/c1-30-23-9-7-18(13-24(23)31-2)20(14-27)11-19-12-21(26)8-10-22(19)32-15-16-3-5-17(6-4-16)25(28)29/h3-13H,15H2,1-2H3,(H,28,29)/b20-11+. The lowest BCUT2D eigenvalue weighted by Gasteiger charge is -2.12. The van der Waals surface area contributed by atoms with Gasteiger partial charge in [0.25, 0.3) is 0 Å². The third-order valence-corrected chi connectivity index (χ3v) is 5.18. The van der Waals surface area contributed by atoms with E-state index in [9.17, 15) is 10.1 Å². The van der Waals surface area contributed by atoms with Crippen LogP contribution in [0.25, 0.3) is 11.6 Å². The molecule has 0 spiro atoms. The number of hydrogen-bond acceptors (Lipinski definition) is 5. The number of hydrogen-bond donors (Lipinski definition) is 1. The summed E-state index contributed by atoms with van der Waals surface area (Å²) in [6.45, 7) is 0.251. The van der Waals surface area contributed by atoms with Crippen molar-refractivity contribution < 1.29 is 24.1 Å². The molecule has 0 radical (unpaired) electrons. The number of benzene rings is 3. The lowest BCUT2D eigenvalue weighted by atomic mass is 10.0. The molecule has 162 valence electrons. The maximum Gasteiger partial charge on any atom is 0.335 e. The number of carboxylic acid groups (broad SMARTS) is 1. The van der Waals surface area contributed by atoms with Crippen molar-refractivity contribution in [1.82, 2.24) is 0 Å². The van der Waals surface area contributed by atoms with E-state index >= 15 is 0 Å². The molecule has 0 atom stereocenters. The van der Waals surface area contributed by atoms with Crippen molar-refractivity contribution >= 4 is 33.5 Å². The molecule has 6 nitrogen and oxygen atoms in total. The van der Waals surface area contributed by atoms with Gasteiger partial charge in [-0.05, 0) is 65.7 Å². The van der Waals surface area contributed by atoms with E-state index in [2.05, 4.69) is 22.0 Å². The summed E-state index contributed by atoms with van der Waals surface area (Å²) in [5.41, 5.74) is 2.87. The first-order valence-electron chi connectivity index (χ1n) is 9.54. The molecule has 0 bridgehead atoms. The van der Waals surface area contributed by atoms with E-state index in [0.29, 0.717) is 33.9 Å². The van der Waals surface area contributed by atoms with Gasteiger partial charge < -0.3 is 19.3 Å². The van der Waals surface area contributed by atoms with Gasteiger partial charge in [-0.3, -0.25) is 0 Å². The molecule has 0 unspecified atom stereocenters. The van der Waals surface area contributed by atoms with Crippen LogP contribution in [0.5, 0.6) is 17.2 Å². The van der Waals surface area contributed by atoms with E-state index in [1.165, 1.54) is 12.1 Å². The zero-order valence-electron chi connectivity index (χ0n) is 17.5.